The second-order valence-corrected chi connectivity index (χ2v) is 4.02. The minimum absolute atomic E-state index is 0.0283. The van der Waals surface area contributed by atoms with Gasteiger partial charge in [-0.25, -0.2) is 14.3 Å². The van der Waals surface area contributed by atoms with Crippen LogP contribution < -0.4 is 0 Å². The number of aryl methyl sites for hydroxylation is 2. The lowest BCUT2D eigenvalue weighted by Gasteiger charge is -2.00. The Labute approximate surface area is 93.9 Å². The Morgan fingerprint density at radius 3 is 2.80 bits per heavy atom. The lowest BCUT2D eigenvalue weighted by molar-refractivity contribution is 0.0690. The monoisotopic (exact) mass is 269 g/mol. The van der Waals surface area contributed by atoms with Gasteiger partial charge in [-0.3, -0.25) is 0 Å². The van der Waals surface area contributed by atoms with Gasteiger partial charge in [-0.15, -0.1) is 0 Å². The third-order valence-corrected chi connectivity index (χ3v) is 3.02. The van der Waals surface area contributed by atoms with Crippen LogP contribution in [0.1, 0.15) is 21.9 Å². The summed E-state index contributed by atoms with van der Waals surface area (Å²) in [4.78, 5) is 14.8. The van der Waals surface area contributed by atoms with Gasteiger partial charge >= 0.3 is 5.97 Å². The van der Waals surface area contributed by atoms with Gasteiger partial charge in [0.05, 0.1) is 10.2 Å². The zero-order valence-corrected chi connectivity index (χ0v) is 9.74. The third-order valence-electron chi connectivity index (χ3n) is 2.09. The van der Waals surface area contributed by atoms with Crippen molar-refractivity contribution in [1.82, 2.24) is 14.6 Å². The van der Waals surface area contributed by atoms with E-state index in [0.29, 0.717) is 5.65 Å². The van der Waals surface area contributed by atoms with Gasteiger partial charge in [-0.1, -0.05) is 0 Å². The van der Waals surface area contributed by atoms with Gasteiger partial charge < -0.3 is 5.11 Å². The molecule has 0 atom stereocenters. The summed E-state index contributed by atoms with van der Waals surface area (Å²) < 4.78 is 2.35. The molecule has 2 rings (SSSR count). The van der Waals surface area contributed by atoms with E-state index < -0.39 is 5.97 Å². The molecule has 2 heterocycles. The molecule has 0 aromatic carbocycles. The smallest absolute Gasteiger partial charge is 0.354 e. The average molecular weight is 270 g/mol. The molecule has 0 radical (unpaired) electrons. The Morgan fingerprint density at radius 1 is 1.53 bits per heavy atom. The van der Waals surface area contributed by atoms with Crippen molar-refractivity contribution in [2.45, 2.75) is 13.8 Å². The molecule has 0 amide bonds. The van der Waals surface area contributed by atoms with Crippen molar-refractivity contribution < 1.29 is 9.90 Å². The zero-order chi connectivity index (χ0) is 11.2. The van der Waals surface area contributed by atoms with E-state index in [1.165, 1.54) is 6.07 Å². The van der Waals surface area contributed by atoms with Crippen molar-refractivity contribution in [3.63, 3.8) is 0 Å². The molecule has 0 saturated heterocycles. The van der Waals surface area contributed by atoms with Crippen molar-refractivity contribution in [1.29, 1.82) is 0 Å². The summed E-state index contributed by atoms with van der Waals surface area (Å²) in [5, 5.41) is 13.1. The van der Waals surface area contributed by atoms with E-state index >= 15 is 0 Å². The fourth-order valence-electron chi connectivity index (χ4n) is 1.35. The number of halogens is 1. The number of carboxylic acids is 1. The normalized spacial score (nSPS) is 10.9. The van der Waals surface area contributed by atoms with Gasteiger partial charge in [0.25, 0.3) is 0 Å². The first-order chi connectivity index (χ1) is 7.00. The van der Waals surface area contributed by atoms with E-state index in [9.17, 15) is 4.79 Å². The second kappa shape index (κ2) is 3.30. The van der Waals surface area contributed by atoms with E-state index in [1.54, 1.807) is 11.4 Å². The maximum Gasteiger partial charge on any atom is 0.354 e. The third kappa shape index (κ3) is 1.50. The zero-order valence-electron chi connectivity index (χ0n) is 8.15. The minimum atomic E-state index is -1.04. The highest BCUT2D eigenvalue weighted by Crippen LogP contribution is 2.21. The van der Waals surface area contributed by atoms with E-state index in [0.717, 1.165) is 15.9 Å². The molecule has 0 spiro atoms. The van der Waals surface area contributed by atoms with Gasteiger partial charge in [-0.2, -0.15) is 5.10 Å². The quantitative estimate of drug-likeness (QED) is 0.858. The SMILES string of the molecule is Cc1nn2c(C)cc(C(=O)O)nc2c1Br. The van der Waals surface area contributed by atoms with Gasteiger partial charge in [0.1, 0.15) is 0 Å². The molecular formula is C9H8BrN3O2. The number of rotatable bonds is 1. The van der Waals surface area contributed by atoms with E-state index in [1.807, 2.05) is 6.92 Å². The molecule has 2 aromatic rings. The van der Waals surface area contributed by atoms with Crippen molar-refractivity contribution in [2.24, 2.45) is 0 Å². The topological polar surface area (TPSA) is 67.5 Å². The van der Waals surface area contributed by atoms with Crippen LogP contribution in [0.5, 0.6) is 0 Å². The van der Waals surface area contributed by atoms with Crippen molar-refractivity contribution >= 4 is 27.5 Å². The van der Waals surface area contributed by atoms with Crippen molar-refractivity contribution in [2.75, 3.05) is 0 Å². The number of hydrogen-bond donors (Lipinski definition) is 1. The summed E-state index contributed by atoms with van der Waals surface area (Å²) in [5.74, 6) is -1.04. The lowest BCUT2D eigenvalue weighted by Crippen LogP contribution is -2.05. The molecule has 1 N–H and O–H groups in total. The number of hydrogen-bond acceptors (Lipinski definition) is 3. The number of carboxylic acid groups (broad SMARTS) is 1. The number of aromatic nitrogens is 3. The molecular weight excluding hydrogens is 262 g/mol. The number of carbonyl (C=O) groups is 1. The van der Waals surface area contributed by atoms with Gasteiger partial charge in [0.15, 0.2) is 11.3 Å². The van der Waals surface area contributed by atoms with Crippen LogP contribution in [0.15, 0.2) is 10.5 Å². The molecule has 0 aliphatic rings. The lowest BCUT2D eigenvalue weighted by atomic mass is 10.3. The molecule has 15 heavy (non-hydrogen) atoms. The molecule has 0 fully saturated rings. The van der Waals surface area contributed by atoms with E-state index in [4.69, 9.17) is 5.11 Å². The summed E-state index contributed by atoms with van der Waals surface area (Å²) in [6.45, 7) is 3.62. The van der Waals surface area contributed by atoms with Gasteiger partial charge in [0, 0.05) is 5.69 Å². The van der Waals surface area contributed by atoms with Gasteiger partial charge in [-0.05, 0) is 35.8 Å². The Morgan fingerprint density at radius 2 is 2.20 bits per heavy atom. The Hall–Kier alpha value is -1.43. The predicted octanol–water partition coefficient (Wildman–Crippen LogP) is 1.81. The summed E-state index contributed by atoms with van der Waals surface area (Å²) in [5.41, 5.74) is 2.09. The number of fused-ring (bicyclic) bond motifs is 1. The number of aromatic carboxylic acids is 1. The summed E-state index contributed by atoms with van der Waals surface area (Å²) in [7, 11) is 0. The van der Waals surface area contributed by atoms with Crippen LogP contribution in [-0.2, 0) is 0 Å². The molecule has 6 heteroatoms. The van der Waals surface area contributed by atoms with Gasteiger partial charge in [0.2, 0.25) is 0 Å². The Kier molecular flexibility index (Phi) is 2.22. The Balaban J connectivity index is 2.85. The largest absolute Gasteiger partial charge is 0.477 e. The van der Waals surface area contributed by atoms with E-state index in [2.05, 4.69) is 26.0 Å². The summed E-state index contributed by atoms with van der Waals surface area (Å²) in [6, 6.07) is 1.49. The summed E-state index contributed by atoms with van der Waals surface area (Å²) in [6.07, 6.45) is 0. The summed E-state index contributed by atoms with van der Waals surface area (Å²) >= 11 is 3.33. The van der Waals surface area contributed by atoms with Crippen LogP contribution >= 0.6 is 15.9 Å². The van der Waals surface area contributed by atoms with Crippen LogP contribution in [0, 0.1) is 13.8 Å². The van der Waals surface area contributed by atoms with E-state index in [-0.39, 0.29) is 5.69 Å². The fourth-order valence-corrected chi connectivity index (χ4v) is 1.69. The molecule has 78 valence electrons. The average Bonchev–Trinajstić information content (AvgIpc) is 2.45. The maximum absolute atomic E-state index is 10.8. The standard InChI is InChI=1S/C9H8BrN3O2/c1-4-3-6(9(14)15)11-8-7(10)5(2)12-13(4)8/h3H,1-2H3,(H,14,15). The molecule has 0 aliphatic carbocycles. The molecule has 0 bridgehead atoms. The first kappa shape index (κ1) is 10.1. The van der Waals surface area contributed by atoms with Crippen LogP contribution in [0.4, 0.5) is 0 Å². The maximum atomic E-state index is 10.8. The van der Waals surface area contributed by atoms with Crippen molar-refractivity contribution in [3.8, 4) is 0 Å². The Bertz CT molecular complexity index is 562. The first-order valence-corrected chi connectivity index (χ1v) is 5.06. The van der Waals surface area contributed by atoms with Crippen LogP contribution in [0.25, 0.3) is 5.65 Å². The highest BCUT2D eigenvalue weighted by Gasteiger charge is 2.13. The number of nitrogens with zero attached hydrogens (tertiary/aromatic N) is 3. The first-order valence-electron chi connectivity index (χ1n) is 4.26. The highest BCUT2D eigenvalue weighted by atomic mass is 79.9. The highest BCUT2D eigenvalue weighted by molar-refractivity contribution is 9.10. The van der Waals surface area contributed by atoms with Crippen LogP contribution in [0.3, 0.4) is 0 Å². The molecule has 0 unspecified atom stereocenters. The molecule has 5 nitrogen and oxygen atoms in total. The van der Waals surface area contributed by atoms with Crippen molar-refractivity contribution in [3.05, 3.63) is 27.6 Å². The van der Waals surface area contributed by atoms with Crippen LogP contribution in [-0.4, -0.2) is 25.7 Å². The predicted molar refractivity (Wildman–Crippen MR) is 57.1 cm³/mol. The fraction of sp³-hybridized carbons (Fsp3) is 0.222. The molecule has 2 aromatic heterocycles. The molecule has 0 saturated carbocycles. The van der Waals surface area contributed by atoms with Crippen LogP contribution in [0.2, 0.25) is 0 Å². The minimum Gasteiger partial charge on any atom is -0.477 e. The molecule has 0 aliphatic heterocycles. The second-order valence-electron chi connectivity index (χ2n) is 3.22.